The number of nitrogens with zero attached hydrogens (tertiary/aromatic N) is 1. The quantitative estimate of drug-likeness (QED) is 0.623. The maximum absolute atomic E-state index is 10.6. The standard InChI is InChI=1S/C9H11NO2/c1-10(2)8-6-4-3-5-7(8)9(11)12/h3-6H,1-2H3,(H,11,12)/p-1. The van der Waals surface area contributed by atoms with Gasteiger partial charge in [-0.3, -0.25) is 0 Å². The number of carbonyl (C=O) groups is 1. The van der Waals surface area contributed by atoms with Crippen molar-refractivity contribution >= 4 is 11.7 Å². The van der Waals surface area contributed by atoms with Crippen LogP contribution < -0.4 is 10.0 Å². The summed E-state index contributed by atoms with van der Waals surface area (Å²) >= 11 is 0. The second kappa shape index (κ2) is 3.26. The Balaban J connectivity index is 3.17. The highest BCUT2D eigenvalue weighted by molar-refractivity contribution is 5.92. The molecule has 0 amide bonds. The van der Waals surface area contributed by atoms with Crippen LogP contribution in [0.5, 0.6) is 0 Å². The number of para-hydroxylation sites is 1. The Morgan fingerprint density at radius 3 is 2.33 bits per heavy atom. The van der Waals surface area contributed by atoms with Crippen LogP contribution in [0.3, 0.4) is 0 Å². The molecule has 0 N–H and O–H groups in total. The average Bonchev–Trinajstić information content (AvgIpc) is 2.04. The minimum atomic E-state index is -1.14. The molecular formula is C9H10NO2-. The third kappa shape index (κ3) is 1.56. The molecule has 1 rings (SSSR count). The average molecular weight is 164 g/mol. The van der Waals surface area contributed by atoms with Crippen LogP contribution in [0.1, 0.15) is 10.4 Å². The smallest absolute Gasteiger partial charge is 0.0736 e. The van der Waals surface area contributed by atoms with Gasteiger partial charge in [0, 0.05) is 25.3 Å². The molecule has 0 atom stereocenters. The molecule has 12 heavy (non-hydrogen) atoms. The topological polar surface area (TPSA) is 43.4 Å². The van der Waals surface area contributed by atoms with E-state index in [0.717, 1.165) is 0 Å². The maximum Gasteiger partial charge on any atom is 0.0736 e. The van der Waals surface area contributed by atoms with E-state index in [0.29, 0.717) is 5.69 Å². The van der Waals surface area contributed by atoms with Gasteiger partial charge < -0.3 is 14.8 Å². The molecule has 1 aromatic carbocycles. The van der Waals surface area contributed by atoms with Crippen molar-refractivity contribution in [3.8, 4) is 0 Å². The van der Waals surface area contributed by atoms with E-state index in [2.05, 4.69) is 0 Å². The zero-order valence-electron chi connectivity index (χ0n) is 7.07. The summed E-state index contributed by atoms with van der Waals surface area (Å²) in [6, 6.07) is 6.75. The number of rotatable bonds is 2. The van der Waals surface area contributed by atoms with E-state index in [1.807, 2.05) is 0 Å². The molecule has 0 aliphatic heterocycles. The molecule has 0 aliphatic rings. The number of benzene rings is 1. The second-order valence-electron chi connectivity index (χ2n) is 2.70. The fourth-order valence-corrected chi connectivity index (χ4v) is 1.04. The lowest BCUT2D eigenvalue weighted by Crippen LogP contribution is -2.25. The van der Waals surface area contributed by atoms with Gasteiger partial charge in [0.2, 0.25) is 0 Å². The number of aromatic carboxylic acids is 1. The van der Waals surface area contributed by atoms with E-state index in [-0.39, 0.29) is 5.56 Å². The lowest BCUT2D eigenvalue weighted by atomic mass is 10.2. The van der Waals surface area contributed by atoms with Gasteiger partial charge in [0.1, 0.15) is 0 Å². The first kappa shape index (κ1) is 8.59. The Hall–Kier alpha value is -1.51. The number of anilines is 1. The molecule has 0 bridgehead atoms. The van der Waals surface area contributed by atoms with E-state index in [1.165, 1.54) is 6.07 Å². The van der Waals surface area contributed by atoms with Crippen molar-refractivity contribution in [1.82, 2.24) is 0 Å². The van der Waals surface area contributed by atoms with Crippen LogP contribution in [0.4, 0.5) is 5.69 Å². The van der Waals surface area contributed by atoms with Crippen molar-refractivity contribution in [3.05, 3.63) is 29.8 Å². The third-order valence-corrected chi connectivity index (χ3v) is 1.61. The Morgan fingerprint density at radius 1 is 1.33 bits per heavy atom. The fourth-order valence-electron chi connectivity index (χ4n) is 1.04. The van der Waals surface area contributed by atoms with Gasteiger partial charge in [-0.25, -0.2) is 0 Å². The second-order valence-corrected chi connectivity index (χ2v) is 2.70. The molecule has 1 aromatic rings. The van der Waals surface area contributed by atoms with E-state index >= 15 is 0 Å². The molecule has 0 aromatic heterocycles. The van der Waals surface area contributed by atoms with Gasteiger partial charge in [-0.2, -0.15) is 0 Å². The van der Waals surface area contributed by atoms with E-state index in [1.54, 1.807) is 37.2 Å². The fraction of sp³-hybridized carbons (Fsp3) is 0.222. The van der Waals surface area contributed by atoms with Crippen LogP contribution in [0, 0.1) is 0 Å². The van der Waals surface area contributed by atoms with Crippen molar-refractivity contribution < 1.29 is 9.90 Å². The van der Waals surface area contributed by atoms with Gasteiger partial charge in [-0.1, -0.05) is 18.2 Å². The third-order valence-electron chi connectivity index (χ3n) is 1.61. The Labute approximate surface area is 71.2 Å². The predicted octanol–water partition coefficient (Wildman–Crippen LogP) is 0.116. The summed E-state index contributed by atoms with van der Waals surface area (Å²) in [6.07, 6.45) is 0. The zero-order valence-corrected chi connectivity index (χ0v) is 7.07. The molecule has 0 heterocycles. The van der Waals surface area contributed by atoms with Crippen LogP contribution in [0.2, 0.25) is 0 Å². The number of hydrogen-bond donors (Lipinski definition) is 0. The Bertz CT molecular complexity index is 294. The SMILES string of the molecule is CN(C)c1ccccc1C(=O)[O-]. The van der Waals surface area contributed by atoms with Crippen LogP contribution in [-0.4, -0.2) is 20.1 Å². The number of carboxylic acid groups (broad SMARTS) is 1. The molecular weight excluding hydrogens is 154 g/mol. The number of hydrogen-bond acceptors (Lipinski definition) is 3. The van der Waals surface area contributed by atoms with Gasteiger partial charge in [0.05, 0.1) is 5.97 Å². The van der Waals surface area contributed by atoms with Gasteiger partial charge >= 0.3 is 0 Å². The molecule has 0 aliphatic carbocycles. The highest BCUT2D eigenvalue weighted by Gasteiger charge is 2.02. The molecule has 64 valence electrons. The van der Waals surface area contributed by atoms with Crippen LogP contribution >= 0.6 is 0 Å². The van der Waals surface area contributed by atoms with Crippen molar-refractivity contribution in [1.29, 1.82) is 0 Å². The van der Waals surface area contributed by atoms with Crippen LogP contribution in [0.25, 0.3) is 0 Å². The van der Waals surface area contributed by atoms with Crippen LogP contribution in [0.15, 0.2) is 24.3 Å². The Morgan fingerprint density at radius 2 is 1.92 bits per heavy atom. The molecule has 0 spiro atoms. The minimum Gasteiger partial charge on any atom is -0.545 e. The van der Waals surface area contributed by atoms with E-state index in [4.69, 9.17) is 0 Å². The summed E-state index contributed by atoms with van der Waals surface area (Å²) in [5, 5.41) is 10.6. The van der Waals surface area contributed by atoms with Crippen molar-refractivity contribution in [2.45, 2.75) is 0 Å². The monoisotopic (exact) mass is 164 g/mol. The summed E-state index contributed by atoms with van der Waals surface area (Å²) in [5.41, 5.74) is 0.889. The zero-order chi connectivity index (χ0) is 9.14. The van der Waals surface area contributed by atoms with Crippen molar-refractivity contribution in [2.75, 3.05) is 19.0 Å². The largest absolute Gasteiger partial charge is 0.545 e. The summed E-state index contributed by atoms with van der Waals surface area (Å²) < 4.78 is 0. The van der Waals surface area contributed by atoms with E-state index in [9.17, 15) is 9.90 Å². The first-order valence-electron chi connectivity index (χ1n) is 3.60. The van der Waals surface area contributed by atoms with Gasteiger partial charge in [-0.05, 0) is 6.07 Å². The molecule has 0 unspecified atom stereocenters. The molecule has 0 saturated carbocycles. The minimum absolute atomic E-state index is 0.225. The lowest BCUT2D eigenvalue weighted by Gasteiger charge is -2.17. The summed E-state index contributed by atoms with van der Waals surface area (Å²) in [4.78, 5) is 12.3. The van der Waals surface area contributed by atoms with Gasteiger partial charge in [0.25, 0.3) is 0 Å². The van der Waals surface area contributed by atoms with E-state index < -0.39 is 5.97 Å². The number of carboxylic acids is 1. The normalized spacial score (nSPS) is 9.50. The predicted molar refractivity (Wildman–Crippen MR) is 45.1 cm³/mol. The Kier molecular flexibility index (Phi) is 2.33. The molecule has 0 saturated heterocycles. The molecule has 3 heteroatoms. The highest BCUT2D eigenvalue weighted by atomic mass is 16.4. The van der Waals surface area contributed by atoms with Crippen LogP contribution in [-0.2, 0) is 0 Å². The molecule has 3 nitrogen and oxygen atoms in total. The maximum atomic E-state index is 10.6. The van der Waals surface area contributed by atoms with Gasteiger partial charge in [0.15, 0.2) is 0 Å². The first-order chi connectivity index (χ1) is 5.63. The summed E-state index contributed by atoms with van der Waals surface area (Å²) in [5.74, 6) is -1.14. The summed E-state index contributed by atoms with van der Waals surface area (Å²) in [6.45, 7) is 0. The number of carbonyl (C=O) groups excluding carboxylic acids is 1. The molecule has 0 radical (unpaired) electrons. The van der Waals surface area contributed by atoms with Crippen molar-refractivity contribution in [3.63, 3.8) is 0 Å². The highest BCUT2D eigenvalue weighted by Crippen LogP contribution is 2.16. The van der Waals surface area contributed by atoms with Gasteiger partial charge in [-0.15, -0.1) is 0 Å². The lowest BCUT2D eigenvalue weighted by molar-refractivity contribution is -0.254. The van der Waals surface area contributed by atoms with Crippen molar-refractivity contribution in [2.24, 2.45) is 0 Å². The summed E-state index contributed by atoms with van der Waals surface area (Å²) in [7, 11) is 3.59. The molecule has 0 fully saturated rings. The first-order valence-corrected chi connectivity index (χ1v) is 3.60.